The first-order chi connectivity index (χ1) is 8.81. The topological polar surface area (TPSA) is 72.0 Å². The molecule has 1 saturated carbocycles. The second-order valence-electron chi connectivity index (χ2n) is 4.49. The molecule has 2 N–H and O–H groups in total. The summed E-state index contributed by atoms with van der Waals surface area (Å²) in [5.41, 5.74) is 0. The molecule has 6 nitrogen and oxygen atoms in total. The van der Waals surface area contributed by atoms with Crippen molar-refractivity contribution >= 4 is 11.9 Å². The van der Waals surface area contributed by atoms with E-state index < -0.39 is 0 Å². The molecular formula is C12H21N5O. The van der Waals surface area contributed by atoms with E-state index in [4.69, 9.17) is 4.74 Å². The third-order valence-corrected chi connectivity index (χ3v) is 2.96. The Kier molecular flexibility index (Phi) is 4.55. The zero-order chi connectivity index (χ0) is 12.8. The molecule has 0 radical (unpaired) electrons. The van der Waals surface area contributed by atoms with E-state index in [-0.39, 0.29) is 0 Å². The number of aromatic nitrogens is 3. The first kappa shape index (κ1) is 12.9. The van der Waals surface area contributed by atoms with E-state index in [1.165, 1.54) is 25.7 Å². The highest BCUT2D eigenvalue weighted by molar-refractivity contribution is 5.36. The quantitative estimate of drug-likeness (QED) is 0.806. The summed E-state index contributed by atoms with van der Waals surface area (Å²) in [6.07, 6.45) is 5.87. The second-order valence-corrected chi connectivity index (χ2v) is 4.49. The van der Waals surface area contributed by atoms with Crippen molar-refractivity contribution in [2.24, 2.45) is 0 Å². The van der Waals surface area contributed by atoms with Crippen LogP contribution in [0.4, 0.5) is 11.9 Å². The van der Waals surface area contributed by atoms with Gasteiger partial charge in [-0.25, -0.2) is 0 Å². The fraction of sp³-hybridized carbons (Fsp3) is 0.750. The van der Waals surface area contributed by atoms with Gasteiger partial charge in [0, 0.05) is 13.1 Å². The Morgan fingerprint density at radius 3 is 2.56 bits per heavy atom. The molecule has 0 aliphatic heterocycles. The van der Waals surface area contributed by atoms with Gasteiger partial charge < -0.3 is 15.4 Å². The number of hydrogen-bond acceptors (Lipinski definition) is 6. The summed E-state index contributed by atoms with van der Waals surface area (Å²) in [6, 6.07) is 0.868. The van der Waals surface area contributed by atoms with E-state index in [1.54, 1.807) is 7.05 Å². The Balaban J connectivity index is 2.06. The van der Waals surface area contributed by atoms with Crippen LogP contribution in [0.1, 0.15) is 39.0 Å². The van der Waals surface area contributed by atoms with Gasteiger partial charge in [0.05, 0.1) is 6.61 Å². The van der Waals surface area contributed by atoms with E-state index >= 15 is 0 Å². The Hall–Kier alpha value is -1.59. The standard InChI is InChI=1S/C12H21N5O/c1-3-8-18-12-16-10(13-2)15-11(17-12)14-9-6-4-5-7-9/h9H,3-8H2,1-2H3,(H2,13,14,15,16,17). The number of ether oxygens (including phenoxy) is 1. The monoisotopic (exact) mass is 251 g/mol. The SMILES string of the molecule is CCCOc1nc(NC)nc(NC2CCCC2)n1. The Morgan fingerprint density at radius 1 is 1.17 bits per heavy atom. The van der Waals surface area contributed by atoms with Gasteiger partial charge in [0.15, 0.2) is 0 Å². The van der Waals surface area contributed by atoms with Crippen LogP contribution in [0.3, 0.4) is 0 Å². The van der Waals surface area contributed by atoms with E-state index in [1.807, 2.05) is 0 Å². The van der Waals surface area contributed by atoms with Crippen LogP contribution < -0.4 is 15.4 Å². The minimum absolute atomic E-state index is 0.386. The maximum Gasteiger partial charge on any atom is 0.323 e. The summed E-state index contributed by atoms with van der Waals surface area (Å²) in [7, 11) is 1.79. The maximum absolute atomic E-state index is 5.46. The van der Waals surface area contributed by atoms with Gasteiger partial charge in [0.1, 0.15) is 0 Å². The van der Waals surface area contributed by atoms with Crippen LogP contribution in [0.15, 0.2) is 0 Å². The molecule has 1 aromatic heterocycles. The van der Waals surface area contributed by atoms with Gasteiger partial charge >= 0.3 is 6.01 Å². The lowest BCUT2D eigenvalue weighted by molar-refractivity contribution is 0.292. The summed E-state index contributed by atoms with van der Waals surface area (Å²) in [6.45, 7) is 2.67. The van der Waals surface area contributed by atoms with Crippen LogP contribution in [0.25, 0.3) is 0 Å². The van der Waals surface area contributed by atoms with Gasteiger partial charge in [-0.15, -0.1) is 0 Å². The molecule has 0 amide bonds. The van der Waals surface area contributed by atoms with Gasteiger partial charge in [-0.1, -0.05) is 19.8 Å². The molecule has 6 heteroatoms. The molecular weight excluding hydrogens is 230 g/mol. The van der Waals surface area contributed by atoms with E-state index in [2.05, 4.69) is 32.5 Å². The molecule has 0 aromatic carbocycles. The zero-order valence-corrected chi connectivity index (χ0v) is 11.1. The van der Waals surface area contributed by atoms with E-state index in [0.29, 0.717) is 30.6 Å². The van der Waals surface area contributed by atoms with Crippen molar-refractivity contribution in [1.29, 1.82) is 0 Å². The van der Waals surface area contributed by atoms with Crippen molar-refractivity contribution in [2.75, 3.05) is 24.3 Å². The summed E-state index contributed by atoms with van der Waals surface area (Å²) < 4.78 is 5.46. The van der Waals surface area contributed by atoms with Crippen LogP contribution in [0, 0.1) is 0 Å². The molecule has 2 rings (SSSR count). The first-order valence-corrected chi connectivity index (χ1v) is 6.65. The lowest BCUT2D eigenvalue weighted by Crippen LogP contribution is -2.18. The number of rotatable bonds is 6. The second kappa shape index (κ2) is 6.37. The van der Waals surface area contributed by atoms with Gasteiger partial charge in [0.25, 0.3) is 0 Å². The fourth-order valence-corrected chi connectivity index (χ4v) is 2.04. The zero-order valence-electron chi connectivity index (χ0n) is 11.1. The van der Waals surface area contributed by atoms with E-state index in [9.17, 15) is 0 Å². The first-order valence-electron chi connectivity index (χ1n) is 6.65. The molecule has 0 saturated heterocycles. The number of nitrogens with zero attached hydrogens (tertiary/aromatic N) is 3. The van der Waals surface area contributed by atoms with Gasteiger partial charge in [-0.2, -0.15) is 15.0 Å². The highest BCUT2D eigenvalue weighted by Crippen LogP contribution is 2.21. The maximum atomic E-state index is 5.46. The van der Waals surface area contributed by atoms with Crippen molar-refractivity contribution in [3.05, 3.63) is 0 Å². The van der Waals surface area contributed by atoms with Crippen LogP contribution in [-0.2, 0) is 0 Å². The summed E-state index contributed by atoms with van der Waals surface area (Å²) in [4.78, 5) is 12.8. The van der Waals surface area contributed by atoms with E-state index in [0.717, 1.165) is 6.42 Å². The Bertz CT molecular complexity index is 379. The van der Waals surface area contributed by atoms with Crippen molar-refractivity contribution in [1.82, 2.24) is 15.0 Å². The Morgan fingerprint density at radius 2 is 1.89 bits per heavy atom. The van der Waals surface area contributed by atoms with Gasteiger partial charge in [-0.3, -0.25) is 0 Å². The van der Waals surface area contributed by atoms with Gasteiger partial charge in [-0.05, 0) is 19.3 Å². The number of nitrogens with one attached hydrogen (secondary N) is 2. The van der Waals surface area contributed by atoms with Crippen LogP contribution >= 0.6 is 0 Å². The van der Waals surface area contributed by atoms with Crippen molar-refractivity contribution in [2.45, 2.75) is 45.1 Å². The summed E-state index contributed by atoms with van der Waals surface area (Å²) in [5, 5.41) is 6.28. The van der Waals surface area contributed by atoms with Crippen LogP contribution in [0.5, 0.6) is 6.01 Å². The van der Waals surface area contributed by atoms with Crippen molar-refractivity contribution in [3.8, 4) is 6.01 Å². The van der Waals surface area contributed by atoms with Crippen LogP contribution in [0.2, 0.25) is 0 Å². The lowest BCUT2D eigenvalue weighted by Gasteiger charge is -2.13. The summed E-state index contributed by atoms with van der Waals surface area (Å²) in [5.74, 6) is 1.14. The minimum Gasteiger partial charge on any atom is -0.463 e. The van der Waals surface area contributed by atoms with Crippen molar-refractivity contribution < 1.29 is 4.74 Å². The molecule has 18 heavy (non-hydrogen) atoms. The smallest absolute Gasteiger partial charge is 0.323 e. The molecule has 100 valence electrons. The molecule has 0 bridgehead atoms. The molecule has 1 aliphatic rings. The summed E-state index contributed by atoms with van der Waals surface area (Å²) >= 11 is 0. The van der Waals surface area contributed by atoms with Crippen LogP contribution in [-0.4, -0.2) is 34.6 Å². The average molecular weight is 251 g/mol. The Labute approximate surface area is 108 Å². The lowest BCUT2D eigenvalue weighted by atomic mass is 10.3. The largest absolute Gasteiger partial charge is 0.463 e. The predicted octanol–water partition coefficient (Wildman–Crippen LogP) is 2.06. The third kappa shape index (κ3) is 3.45. The predicted molar refractivity (Wildman–Crippen MR) is 71.0 cm³/mol. The van der Waals surface area contributed by atoms with Crippen molar-refractivity contribution in [3.63, 3.8) is 0 Å². The molecule has 1 aromatic rings. The normalized spacial score (nSPS) is 15.7. The molecule has 0 unspecified atom stereocenters. The molecule has 1 fully saturated rings. The highest BCUT2D eigenvalue weighted by Gasteiger charge is 2.16. The highest BCUT2D eigenvalue weighted by atomic mass is 16.5. The molecule has 1 aliphatic carbocycles. The number of anilines is 2. The average Bonchev–Trinajstić information content (AvgIpc) is 2.89. The molecule has 0 atom stereocenters. The molecule has 0 spiro atoms. The number of hydrogen-bond donors (Lipinski definition) is 2. The van der Waals surface area contributed by atoms with Gasteiger partial charge in [0.2, 0.25) is 11.9 Å². The third-order valence-electron chi connectivity index (χ3n) is 2.96. The minimum atomic E-state index is 0.386. The molecule has 1 heterocycles. The fourth-order valence-electron chi connectivity index (χ4n) is 2.04.